The Hall–Kier alpha value is 0.207. The summed E-state index contributed by atoms with van der Waals surface area (Å²) < 4.78 is 0. The molecule has 0 saturated carbocycles. The molecule has 0 fully saturated rings. The number of hydrogen-bond acceptors (Lipinski definition) is 0. The lowest BCUT2D eigenvalue weighted by Crippen LogP contribution is -2.43. The molecule has 18 heavy (non-hydrogen) atoms. The van der Waals surface area contributed by atoms with Crippen molar-refractivity contribution in [2.45, 2.75) is 84.1 Å². The van der Waals surface area contributed by atoms with Crippen molar-refractivity contribution in [3.05, 3.63) is 0 Å². The smallest absolute Gasteiger partial charge is 0.126 e. The minimum Gasteiger partial charge on any atom is -0.126 e. The van der Waals surface area contributed by atoms with E-state index in [1.54, 1.807) is 0 Å². The van der Waals surface area contributed by atoms with Crippen LogP contribution in [0.25, 0.3) is 0 Å². The van der Waals surface area contributed by atoms with Gasteiger partial charge >= 0.3 is 0 Å². The van der Waals surface area contributed by atoms with E-state index in [1.807, 2.05) is 0 Å². The fourth-order valence-corrected chi connectivity index (χ4v) is 9.43. The van der Waals surface area contributed by atoms with E-state index in [2.05, 4.69) is 80.2 Å². The van der Waals surface area contributed by atoms with E-state index >= 15 is 0 Å². The Labute approximate surface area is 118 Å². The van der Waals surface area contributed by atoms with Gasteiger partial charge in [-0.05, 0) is 36.4 Å². The first kappa shape index (κ1) is 18.2. The summed E-state index contributed by atoms with van der Waals surface area (Å²) in [6.45, 7) is 23.6. The zero-order valence-corrected chi connectivity index (χ0v) is 16.1. The number of rotatable bonds is 3. The molecule has 0 saturated heterocycles. The van der Waals surface area contributed by atoms with Gasteiger partial charge in [-0.15, -0.1) is 5.54 Å². The van der Waals surface area contributed by atoms with Crippen LogP contribution in [0.5, 0.6) is 0 Å². The first-order chi connectivity index (χ1) is 7.96. The predicted octanol–water partition coefficient (Wildman–Crippen LogP) is 6.08. The van der Waals surface area contributed by atoms with Gasteiger partial charge < -0.3 is 0 Å². The molecule has 0 radical (unpaired) electrons. The van der Waals surface area contributed by atoms with Crippen LogP contribution in [-0.4, -0.2) is 19.9 Å². The van der Waals surface area contributed by atoms with Gasteiger partial charge in [0.05, 0.1) is 0 Å². The topological polar surface area (TPSA) is 0 Å². The molecule has 2 heteroatoms. The van der Waals surface area contributed by atoms with Crippen molar-refractivity contribution in [3.8, 4) is 11.2 Å². The van der Waals surface area contributed by atoms with Crippen LogP contribution in [-0.2, 0) is 0 Å². The SMILES string of the molecule is CC(C)[Si](C#C[P@@](C)C(C)(C)C)(C(C)C)C(C)C. The largest absolute Gasteiger partial charge is 0.146 e. The second-order valence-electron chi connectivity index (χ2n) is 7.36. The average molecular weight is 284 g/mol. The molecular weight excluding hydrogens is 251 g/mol. The summed E-state index contributed by atoms with van der Waals surface area (Å²) in [5, 5.41) is 0.355. The van der Waals surface area contributed by atoms with Crippen molar-refractivity contribution in [1.82, 2.24) is 0 Å². The van der Waals surface area contributed by atoms with E-state index in [-0.39, 0.29) is 7.92 Å². The Bertz CT molecular complexity index is 290. The monoisotopic (exact) mass is 284 g/mol. The highest BCUT2D eigenvalue weighted by Gasteiger charge is 2.41. The number of hydrogen-bond donors (Lipinski definition) is 0. The minimum absolute atomic E-state index is 0.187. The highest BCUT2D eigenvalue weighted by atomic mass is 31.1. The minimum atomic E-state index is -1.51. The van der Waals surface area contributed by atoms with Crippen molar-refractivity contribution in [1.29, 1.82) is 0 Å². The van der Waals surface area contributed by atoms with Gasteiger partial charge in [0.25, 0.3) is 0 Å². The second kappa shape index (κ2) is 6.58. The maximum absolute atomic E-state index is 3.86. The molecule has 106 valence electrons. The van der Waals surface area contributed by atoms with E-state index in [9.17, 15) is 0 Å². The van der Waals surface area contributed by atoms with Crippen molar-refractivity contribution in [3.63, 3.8) is 0 Å². The van der Waals surface area contributed by atoms with Gasteiger partial charge in [0.1, 0.15) is 8.07 Å². The summed E-state index contributed by atoms with van der Waals surface area (Å²) in [5.74, 6) is 0. The van der Waals surface area contributed by atoms with Gasteiger partial charge in [-0.3, -0.25) is 0 Å². The molecule has 0 rings (SSSR count). The zero-order valence-electron chi connectivity index (χ0n) is 14.2. The molecule has 0 aromatic heterocycles. The van der Waals surface area contributed by atoms with Gasteiger partial charge in [0.2, 0.25) is 0 Å². The van der Waals surface area contributed by atoms with Crippen LogP contribution in [0.15, 0.2) is 0 Å². The molecule has 0 aliphatic heterocycles. The fraction of sp³-hybridized carbons (Fsp3) is 0.875. The Morgan fingerprint density at radius 1 is 0.833 bits per heavy atom. The molecule has 0 aliphatic rings. The third-order valence-electron chi connectivity index (χ3n) is 4.31. The third kappa shape index (κ3) is 4.11. The second-order valence-corrected chi connectivity index (χ2v) is 15.6. The zero-order chi connectivity index (χ0) is 14.7. The van der Waals surface area contributed by atoms with Crippen molar-refractivity contribution in [2.75, 3.05) is 6.66 Å². The highest BCUT2D eigenvalue weighted by molar-refractivity contribution is 7.63. The first-order valence-electron chi connectivity index (χ1n) is 7.22. The Morgan fingerprint density at radius 2 is 1.17 bits per heavy atom. The Balaban J connectivity index is 5.46. The van der Waals surface area contributed by atoms with Gasteiger partial charge in [-0.1, -0.05) is 68.0 Å². The Morgan fingerprint density at radius 3 is 1.39 bits per heavy atom. The molecule has 0 aromatic rings. The summed E-state index contributed by atoms with van der Waals surface area (Å²) in [6, 6.07) is 0. The lowest BCUT2D eigenvalue weighted by molar-refractivity contribution is 0.791. The van der Waals surface area contributed by atoms with Gasteiger partial charge in [0, 0.05) is 0 Å². The highest BCUT2D eigenvalue weighted by Crippen LogP contribution is 2.46. The molecule has 0 heterocycles. The van der Waals surface area contributed by atoms with E-state index < -0.39 is 8.07 Å². The molecule has 0 nitrogen and oxygen atoms in total. The van der Waals surface area contributed by atoms with Gasteiger partial charge in [0.15, 0.2) is 0 Å². The summed E-state index contributed by atoms with van der Waals surface area (Å²) in [5.41, 5.74) is 9.77. The summed E-state index contributed by atoms with van der Waals surface area (Å²) in [7, 11) is -1.70. The lowest BCUT2D eigenvalue weighted by atomic mass is 10.3. The maximum Gasteiger partial charge on any atom is 0.146 e. The standard InChI is InChI=1S/C16H33PSi/c1-13(2)18(14(3)4,15(5)6)12-11-17(10)16(7,8)9/h13-15H,1-10H3/t17-/m1/s1. The van der Waals surface area contributed by atoms with Crippen LogP contribution in [0.3, 0.4) is 0 Å². The molecule has 0 unspecified atom stereocenters. The molecule has 0 amide bonds. The van der Waals surface area contributed by atoms with Crippen LogP contribution < -0.4 is 0 Å². The first-order valence-corrected chi connectivity index (χ1v) is 11.2. The summed E-state index contributed by atoms with van der Waals surface area (Å²) in [4.78, 5) is 0. The van der Waals surface area contributed by atoms with Gasteiger partial charge in [-0.2, -0.15) is 0 Å². The van der Waals surface area contributed by atoms with Crippen LogP contribution in [0.1, 0.15) is 62.3 Å². The van der Waals surface area contributed by atoms with Crippen molar-refractivity contribution < 1.29 is 0 Å². The van der Waals surface area contributed by atoms with E-state index in [0.717, 1.165) is 16.6 Å². The molecule has 0 aromatic carbocycles. The molecule has 0 N–H and O–H groups in total. The van der Waals surface area contributed by atoms with E-state index in [4.69, 9.17) is 0 Å². The molecular formula is C16H33PSi. The molecule has 0 bridgehead atoms. The average Bonchev–Trinajstić information content (AvgIpc) is 2.14. The predicted molar refractivity (Wildman–Crippen MR) is 91.4 cm³/mol. The lowest BCUT2D eigenvalue weighted by Gasteiger charge is -2.38. The summed E-state index contributed by atoms with van der Waals surface area (Å²) >= 11 is 0. The maximum atomic E-state index is 3.86. The van der Waals surface area contributed by atoms with Gasteiger partial charge in [-0.25, -0.2) is 0 Å². The van der Waals surface area contributed by atoms with Crippen molar-refractivity contribution in [2.24, 2.45) is 0 Å². The van der Waals surface area contributed by atoms with E-state index in [0.29, 0.717) is 5.16 Å². The third-order valence-corrected chi connectivity index (χ3v) is 13.3. The van der Waals surface area contributed by atoms with Crippen LogP contribution in [0, 0.1) is 11.2 Å². The molecule has 0 spiro atoms. The fourth-order valence-electron chi connectivity index (χ4n) is 2.78. The van der Waals surface area contributed by atoms with Crippen molar-refractivity contribution >= 4 is 16.0 Å². The van der Waals surface area contributed by atoms with Crippen LogP contribution in [0.4, 0.5) is 0 Å². The normalized spacial score (nSPS) is 14.9. The van der Waals surface area contributed by atoms with Crippen LogP contribution in [0.2, 0.25) is 16.6 Å². The van der Waals surface area contributed by atoms with Crippen LogP contribution >= 0.6 is 7.92 Å². The molecule has 0 aliphatic carbocycles. The molecule has 1 atom stereocenters. The Kier molecular flexibility index (Phi) is 6.66. The van der Waals surface area contributed by atoms with E-state index in [1.165, 1.54) is 0 Å². The summed E-state index contributed by atoms with van der Waals surface area (Å²) in [6.07, 6.45) is 0. The quantitative estimate of drug-likeness (QED) is 0.335.